The average Bonchev–Trinajstić information content (AvgIpc) is 3.28. The lowest BCUT2D eigenvalue weighted by molar-refractivity contribution is -0.362. The molecule has 0 unspecified atom stereocenters. The number of hydrogen-bond acceptors (Lipinski definition) is 20. The molecule has 0 aromatic heterocycles. The first kappa shape index (κ1) is 53.2. The summed E-state index contributed by atoms with van der Waals surface area (Å²) >= 11 is 6.58. The molecule has 21 nitrogen and oxygen atoms in total. The lowest BCUT2D eigenvalue weighted by Crippen LogP contribution is -2.67. The molecule has 2 fully saturated rings. The third kappa shape index (κ3) is 15.1. The Morgan fingerprint density at radius 2 is 0.957 bits per heavy atom. The van der Waals surface area contributed by atoms with E-state index in [-0.39, 0.29) is 27.6 Å². The van der Waals surface area contributed by atoms with Crippen LogP contribution in [0.1, 0.15) is 80.3 Å². The number of carbonyl (C=O) groups excluding carboxylic acids is 9. The van der Waals surface area contributed by atoms with Crippen LogP contribution in [0.5, 0.6) is 0 Å². The fourth-order valence-electron chi connectivity index (χ4n) is 7.27. The highest BCUT2D eigenvalue weighted by molar-refractivity contribution is 6.31. The highest BCUT2D eigenvalue weighted by Crippen LogP contribution is 2.36. The maximum absolute atomic E-state index is 13.3. The SMILES string of the molecule is CC(=O)OC[C@H]1O[C@H](O[C@H]2[C@H](OC(C)=O)[C@@H](OC(C)=O)[C@H](OCc3cc(NC(=O)c4ccc(C(=O)c5ccccc5)cc4)ccc3Cl)O[C@@H]2COC(C)=O)[C@H](OC(C)=O)[C@@H](OC(C)=O)[C@@H]1OC(C)=O. The van der Waals surface area contributed by atoms with Crippen LogP contribution in [0.3, 0.4) is 0 Å². The Kier molecular flexibility index (Phi) is 18.9. The topological polar surface area (TPSA) is 267 Å². The second-order valence-corrected chi connectivity index (χ2v) is 15.9. The van der Waals surface area contributed by atoms with E-state index in [1.54, 1.807) is 30.3 Å². The second-order valence-electron chi connectivity index (χ2n) is 15.5. The average molecular weight is 984 g/mol. The van der Waals surface area contributed by atoms with Crippen LogP contribution in [0.25, 0.3) is 0 Å². The van der Waals surface area contributed by atoms with E-state index in [0.29, 0.717) is 11.1 Å². The monoisotopic (exact) mass is 983 g/mol. The first-order chi connectivity index (χ1) is 32.7. The first-order valence-corrected chi connectivity index (χ1v) is 21.6. The van der Waals surface area contributed by atoms with Gasteiger partial charge in [0, 0.05) is 75.9 Å². The van der Waals surface area contributed by atoms with Gasteiger partial charge in [0.1, 0.15) is 31.5 Å². The van der Waals surface area contributed by atoms with E-state index in [9.17, 15) is 43.2 Å². The summed E-state index contributed by atoms with van der Waals surface area (Å²) in [6, 6.07) is 19.2. The number of rotatable bonds is 18. The molecule has 1 amide bonds. The summed E-state index contributed by atoms with van der Waals surface area (Å²) in [6.07, 6.45) is -16.6. The van der Waals surface area contributed by atoms with E-state index < -0.39 is 129 Å². The van der Waals surface area contributed by atoms with Gasteiger partial charge in [0.2, 0.25) is 0 Å². The maximum Gasteiger partial charge on any atom is 0.303 e. The maximum atomic E-state index is 13.3. The van der Waals surface area contributed by atoms with Crippen LogP contribution in [-0.4, -0.2) is 128 Å². The summed E-state index contributed by atoms with van der Waals surface area (Å²) in [5, 5.41) is 2.92. The molecule has 0 bridgehead atoms. The Hall–Kier alpha value is -6.78. The van der Waals surface area contributed by atoms with Crippen molar-refractivity contribution in [2.45, 2.75) is 116 Å². The van der Waals surface area contributed by atoms with E-state index in [4.69, 9.17) is 63.7 Å². The van der Waals surface area contributed by atoms with E-state index >= 15 is 0 Å². The van der Waals surface area contributed by atoms with Crippen molar-refractivity contribution in [3.05, 3.63) is 100 Å². The number of benzene rings is 3. The van der Waals surface area contributed by atoms with Crippen LogP contribution >= 0.6 is 11.6 Å². The number of carbonyl (C=O) groups is 9. The van der Waals surface area contributed by atoms with Gasteiger partial charge in [-0.25, -0.2) is 0 Å². The van der Waals surface area contributed by atoms with Crippen molar-refractivity contribution < 1.29 is 95.3 Å². The Balaban J connectivity index is 1.45. The van der Waals surface area contributed by atoms with Crippen molar-refractivity contribution in [1.82, 2.24) is 0 Å². The molecule has 69 heavy (non-hydrogen) atoms. The molecule has 0 spiro atoms. The number of anilines is 1. The highest BCUT2D eigenvalue weighted by atomic mass is 35.5. The van der Waals surface area contributed by atoms with Crippen molar-refractivity contribution in [2.24, 2.45) is 0 Å². The number of halogens is 1. The van der Waals surface area contributed by atoms with Crippen LogP contribution in [0.4, 0.5) is 5.69 Å². The number of ether oxygens (including phenoxy) is 11. The fraction of sp³-hybridized carbons (Fsp3) is 0.426. The molecular weight excluding hydrogens is 934 g/mol. The third-order valence-corrected chi connectivity index (χ3v) is 10.4. The lowest BCUT2D eigenvalue weighted by Gasteiger charge is -2.48. The molecule has 22 heteroatoms. The van der Waals surface area contributed by atoms with E-state index in [1.807, 2.05) is 0 Å². The first-order valence-electron chi connectivity index (χ1n) is 21.2. The van der Waals surface area contributed by atoms with Gasteiger partial charge in [0.25, 0.3) is 5.91 Å². The van der Waals surface area contributed by atoms with Crippen LogP contribution in [-0.2, 0) is 92.3 Å². The van der Waals surface area contributed by atoms with Gasteiger partial charge in [-0.05, 0) is 35.9 Å². The number of ketones is 1. The van der Waals surface area contributed by atoms with Crippen molar-refractivity contribution in [2.75, 3.05) is 18.5 Å². The number of nitrogens with one attached hydrogen (secondary N) is 1. The zero-order chi connectivity index (χ0) is 50.5. The number of esters is 7. The molecule has 0 saturated carbocycles. The largest absolute Gasteiger partial charge is 0.463 e. The van der Waals surface area contributed by atoms with Crippen molar-refractivity contribution in [3.8, 4) is 0 Å². The van der Waals surface area contributed by atoms with Crippen molar-refractivity contribution >= 4 is 70.8 Å². The van der Waals surface area contributed by atoms with Gasteiger partial charge in [-0.15, -0.1) is 0 Å². The minimum absolute atomic E-state index is 0.162. The standard InChI is InChI=1S/C47H50ClNO20/c1-23(50)59-21-36-39(62-25(3)52)41(63-26(4)53)44(66-29(7)56)47(68-36)69-40-37(22-60-24(2)51)67-46(43(65-28(6)55)42(40)64-27(5)54)61-20-33-19-34(17-18-35(33)48)49-45(58)32-15-13-31(14-16-32)38(57)30-11-9-8-10-12-30/h8-19,36-37,39-44,46-47H,20-22H2,1-7H3,(H,49,58)/t36-,37-,39-,40-,41+,42+,43-,44-,46-,47-/m1/s1. The summed E-state index contributed by atoms with van der Waals surface area (Å²) in [7, 11) is 0. The Bertz CT molecular complexity index is 2380. The van der Waals surface area contributed by atoms with Gasteiger partial charge in [-0.1, -0.05) is 54.1 Å². The number of amides is 1. The molecular formula is C47H50ClNO20. The molecule has 0 radical (unpaired) electrons. The van der Waals surface area contributed by atoms with Gasteiger partial charge in [-0.2, -0.15) is 0 Å². The smallest absolute Gasteiger partial charge is 0.303 e. The van der Waals surface area contributed by atoms with Crippen LogP contribution in [0.2, 0.25) is 5.02 Å². The molecule has 5 rings (SSSR count). The number of hydrogen-bond donors (Lipinski definition) is 1. The normalized spacial score (nSPS) is 24.1. The van der Waals surface area contributed by atoms with Crippen LogP contribution in [0.15, 0.2) is 72.8 Å². The van der Waals surface area contributed by atoms with E-state index in [1.165, 1.54) is 42.5 Å². The van der Waals surface area contributed by atoms with Gasteiger partial charge < -0.3 is 57.4 Å². The molecule has 2 aliphatic heterocycles. The molecule has 370 valence electrons. The molecule has 0 aliphatic carbocycles. The Labute approximate surface area is 400 Å². The summed E-state index contributed by atoms with van der Waals surface area (Å²) in [6.45, 7) is 5.65. The molecule has 1 N–H and O–H groups in total. The summed E-state index contributed by atoms with van der Waals surface area (Å²) < 4.78 is 63.2. The molecule has 2 aliphatic rings. The molecule has 3 aromatic rings. The summed E-state index contributed by atoms with van der Waals surface area (Å²) in [5.41, 5.74) is 1.66. The van der Waals surface area contributed by atoms with Crippen molar-refractivity contribution in [3.63, 3.8) is 0 Å². The van der Waals surface area contributed by atoms with E-state index in [2.05, 4.69) is 5.32 Å². The molecule has 3 aromatic carbocycles. The third-order valence-electron chi connectivity index (χ3n) is 10.0. The zero-order valence-corrected chi connectivity index (χ0v) is 39.1. The van der Waals surface area contributed by atoms with Gasteiger partial charge in [0.05, 0.1) is 6.61 Å². The van der Waals surface area contributed by atoms with E-state index in [0.717, 1.165) is 48.5 Å². The van der Waals surface area contributed by atoms with Gasteiger partial charge in [0.15, 0.2) is 48.9 Å². The predicted molar refractivity (Wildman–Crippen MR) is 234 cm³/mol. The van der Waals surface area contributed by atoms with Crippen molar-refractivity contribution in [1.29, 1.82) is 0 Å². The summed E-state index contributed by atoms with van der Waals surface area (Å²) in [5.74, 6) is -6.95. The van der Waals surface area contributed by atoms with Gasteiger partial charge >= 0.3 is 41.8 Å². The summed E-state index contributed by atoms with van der Waals surface area (Å²) in [4.78, 5) is 113. The zero-order valence-electron chi connectivity index (χ0n) is 38.4. The molecule has 10 atom stereocenters. The fourth-order valence-corrected chi connectivity index (χ4v) is 7.45. The predicted octanol–water partition coefficient (Wildman–Crippen LogP) is 3.96. The van der Waals surface area contributed by atoms with Gasteiger partial charge in [-0.3, -0.25) is 43.2 Å². The lowest BCUT2D eigenvalue weighted by atomic mass is 9.96. The second kappa shape index (κ2) is 24.5. The minimum Gasteiger partial charge on any atom is -0.463 e. The Morgan fingerprint density at radius 1 is 0.507 bits per heavy atom. The molecule has 2 saturated heterocycles. The van der Waals surface area contributed by atoms with Crippen LogP contribution < -0.4 is 5.32 Å². The highest BCUT2D eigenvalue weighted by Gasteiger charge is 2.57. The molecule has 2 heterocycles. The minimum atomic E-state index is -1.88. The quantitative estimate of drug-likeness (QED) is 0.107. The van der Waals surface area contributed by atoms with Crippen LogP contribution in [0, 0.1) is 0 Å². The Morgan fingerprint density at radius 3 is 1.49 bits per heavy atom.